The van der Waals surface area contributed by atoms with Crippen LogP contribution in [0, 0.1) is 0 Å². The number of ether oxygens (including phenoxy) is 1. The van der Waals surface area contributed by atoms with Crippen molar-refractivity contribution in [3.8, 4) is 5.75 Å². The second-order valence-corrected chi connectivity index (χ2v) is 6.82. The summed E-state index contributed by atoms with van der Waals surface area (Å²) in [5.74, 6) is 0.989. The zero-order valence-electron chi connectivity index (χ0n) is 15.5. The number of unbranched alkanes of at least 4 members (excludes halogenated alkanes) is 13. The van der Waals surface area contributed by atoms with Crippen molar-refractivity contribution < 1.29 is 9.84 Å². The van der Waals surface area contributed by atoms with Gasteiger partial charge in [0.1, 0.15) is 5.75 Å². The second kappa shape index (κ2) is 16.8. The van der Waals surface area contributed by atoms with Gasteiger partial charge in [0.15, 0.2) is 0 Å². The van der Waals surface area contributed by atoms with Crippen LogP contribution in [-0.2, 0) is 5.11 Å². The molecule has 0 aliphatic carbocycles. The highest BCUT2D eigenvalue weighted by molar-refractivity contribution is 5.20. The molecule has 0 fully saturated rings. The summed E-state index contributed by atoms with van der Waals surface area (Å²) < 4.78 is 5.70. The van der Waals surface area contributed by atoms with Gasteiger partial charge in [-0.1, -0.05) is 95.2 Å². The lowest BCUT2D eigenvalue weighted by Crippen LogP contribution is -1.96. The first-order valence-electron chi connectivity index (χ1n) is 10.2. The predicted molar refractivity (Wildman–Crippen MR) is 102 cm³/mol. The van der Waals surface area contributed by atoms with Gasteiger partial charge in [-0.2, -0.15) is 0 Å². The van der Waals surface area contributed by atoms with Gasteiger partial charge < -0.3 is 4.74 Å². The van der Waals surface area contributed by atoms with E-state index in [2.05, 4.69) is 0 Å². The Balaban J connectivity index is 1.70. The molecule has 0 aromatic heterocycles. The molecule has 0 amide bonds. The zero-order valence-corrected chi connectivity index (χ0v) is 15.5. The zero-order chi connectivity index (χ0) is 17.1. The van der Waals surface area contributed by atoms with Gasteiger partial charge in [-0.15, -0.1) is 0 Å². The normalized spacial score (nSPS) is 10.9. The van der Waals surface area contributed by atoms with Crippen LogP contribution in [0.2, 0.25) is 0 Å². The molecule has 1 aromatic rings. The van der Waals surface area contributed by atoms with E-state index in [1.54, 1.807) is 0 Å². The molecule has 0 bridgehead atoms. The minimum absolute atomic E-state index is 0.111. The van der Waals surface area contributed by atoms with E-state index >= 15 is 0 Å². The van der Waals surface area contributed by atoms with Crippen LogP contribution in [0.3, 0.4) is 0 Å². The van der Waals surface area contributed by atoms with Gasteiger partial charge in [0.25, 0.3) is 0 Å². The van der Waals surface area contributed by atoms with E-state index in [0.717, 1.165) is 25.2 Å². The Morgan fingerprint density at radius 3 is 1.42 bits per heavy atom. The first-order chi connectivity index (χ1) is 11.9. The van der Waals surface area contributed by atoms with Crippen molar-refractivity contribution in [2.24, 2.45) is 0 Å². The highest BCUT2D eigenvalue weighted by Gasteiger charge is 1.95. The van der Waals surface area contributed by atoms with Crippen molar-refractivity contribution in [2.75, 3.05) is 13.2 Å². The predicted octanol–water partition coefficient (Wildman–Crippen LogP) is 6.96. The van der Waals surface area contributed by atoms with E-state index in [4.69, 9.17) is 4.74 Å². The molecule has 1 radical (unpaired) electrons. The summed E-state index contributed by atoms with van der Waals surface area (Å²) in [7, 11) is 0. The molecule has 0 N–H and O–H groups in total. The summed E-state index contributed by atoms with van der Waals surface area (Å²) >= 11 is 0. The van der Waals surface area contributed by atoms with E-state index in [9.17, 15) is 5.11 Å². The molecule has 137 valence electrons. The monoisotopic (exact) mass is 333 g/mol. The summed E-state index contributed by atoms with van der Waals surface area (Å²) in [6, 6.07) is 10.1. The Kier molecular flexibility index (Phi) is 14.7. The summed E-state index contributed by atoms with van der Waals surface area (Å²) in [5.41, 5.74) is 0. The smallest absolute Gasteiger partial charge is 0.119 e. The molecular formula is C22H37O2. The molecule has 2 nitrogen and oxygen atoms in total. The van der Waals surface area contributed by atoms with Crippen molar-refractivity contribution in [3.63, 3.8) is 0 Å². The van der Waals surface area contributed by atoms with Gasteiger partial charge in [0.2, 0.25) is 0 Å². The van der Waals surface area contributed by atoms with Crippen LogP contribution in [0.1, 0.15) is 89.9 Å². The van der Waals surface area contributed by atoms with Crippen LogP contribution >= 0.6 is 0 Å². The fourth-order valence-electron chi connectivity index (χ4n) is 3.03. The Morgan fingerprint density at radius 1 is 0.542 bits per heavy atom. The molecule has 1 rings (SSSR count). The largest absolute Gasteiger partial charge is 0.494 e. The van der Waals surface area contributed by atoms with Gasteiger partial charge in [0.05, 0.1) is 13.2 Å². The lowest BCUT2D eigenvalue weighted by atomic mass is 10.0. The number of para-hydroxylation sites is 1. The van der Waals surface area contributed by atoms with Crippen molar-refractivity contribution in [1.29, 1.82) is 0 Å². The molecule has 0 saturated heterocycles. The van der Waals surface area contributed by atoms with Gasteiger partial charge >= 0.3 is 0 Å². The highest BCUT2D eigenvalue weighted by Crippen LogP contribution is 2.13. The molecular weight excluding hydrogens is 296 g/mol. The van der Waals surface area contributed by atoms with Crippen LogP contribution in [0.5, 0.6) is 5.75 Å². The molecule has 0 unspecified atom stereocenters. The molecule has 24 heavy (non-hydrogen) atoms. The molecule has 0 aliphatic heterocycles. The first-order valence-corrected chi connectivity index (χ1v) is 10.2. The van der Waals surface area contributed by atoms with E-state index in [1.165, 1.54) is 77.0 Å². The third-order valence-electron chi connectivity index (χ3n) is 4.55. The van der Waals surface area contributed by atoms with Crippen molar-refractivity contribution in [2.45, 2.75) is 89.9 Å². The number of rotatable bonds is 17. The van der Waals surface area contributed by atoms with Crippen molar-refractivity contribution in [3.05, 3.63) is 30.3 Å². The number of benzene rings is 1. The Bertz CT molecular complexity index is 350. The summed E-state index contributed by atoms with van der Waals surface area (Å²) in [6.07, 6.45) is 18.1. The average Bonchev–Trinajstić information content (AvgIpc) is 2.62. The summed E-state index contributed by atoms with van der Waals surface area (Å²) in [4.78, 5) is 0. The fraction of sp³-hybridized carbons (Fsp3) is 0.727. The molecule has 0 spiro atoms. The quantitative estimate of drug-likeness (QED) is 0.283. The van der Waals surface area contributed by atoms with E-state index in [1.807, 2.05) is 30.3 Å². The van der Waals surface area contributed by atoms with E-state index in [0.29, 0.717) is 0 Å². The lowest BCUT2D eigenvalue weighted by Gasteiger charge is -2.06. The Morgan fingerprint density at radius 2 is 0.958 bits per heavy atom. The topological polar surface area (TPSA) is 29.1 Å². The standard InChI is InChI=1S/C22H37O2/c23-20-16-11-9-7-5-3-1-2-4-6-8-10-12-17-21-24-22-18-14-13-15-19-22/h13-15,18-19H,1-12,16-17,20-21H2. The average molecular weight is 334 g/mol. The lowest BCUT2D eigenvalue weighted by molar-refractivity contribution is 0.186. The minimum atomic E-state index is 0.111. The maximum atomic E-state index is 10.3. The van der Waals surface area contributed by atoms with E-state index < -0.39 is 0 Å². The maximum absolute atomic E-state index is 10.3. The fourth-order valence-corrected chi connectivity index (χ4v) is 3.03. The van der Waals surface area contributed by atoms with Gasteiger partial charge in [-0.05, 0) is 25.0 Å². The molecule has 0 heterocycles. The molecule has 0 atom stereocenters. The highest BCUT2D eigenvalue weighted by atomic mass is 16.5. The Hall–Kier alpha value is -1.02. The number of hydrogen-bond donors (Lipinski definition) is 0. The van der Waals surface area contributed by atoms with Crippen LogP contribution in [-0.4, -0.2) is 13.2 Å². The Labute approximate surface area is 149 Å². The van der Waals surface area contributed by atoms with Gasteiger partial charge in [-0.3, -0.25) is 0 Å². The first kappa shape index (κ1) is 21.0. The molecule has 0 saturated carbocycles. The van der Waals surface area contributed by atoms with E-state index in [-0.39, 0.29) is 6.61 Å². The SMILES string of the molecule is [O]CCCCCCCCCCCCCCCCOc1ccccc1. The van der Waals surface area contributed by atoms with Gasteiger partial charge in [-0.25, -0.2) is 5.11 Å². The molecule has 0 aliphatic rings. The van der Waals surface area contributed by atoms with Crippen LogP contribution < -0.4 is 4.74 Å². The number of hydrogen-bond acceptors (Lipinski definition) is 1. The van der Waals surface area contributed by atoms with Crippen molar-refractivity contribution in [1.82, 2.24) is 0 Å². The van der Waals surface area contributed by atoms with Crippen LogP contribution in [0.4, 0.5) is 0 Å². The second-order valence-electron chi connectivity index (χ2n) is 6.82. The molecule has 1 aromatic carbocycles. The van der Waals surface area contributed by atoms with Crippen LogP contribution in [0.15, 0.2) is 30.3 Å². The maximum Gasteiger partial charge on any atom is 0.119 e. The minimum Gasteiger partial charge on any atom is -0.494 e. The summed E-state index contributed by atoms with van der Waals surface area (Å²) in [6.45, 7) is 0.957. The summed E-state index contributed by atoms with van der Waals surface area (Å²) in [5, 5.41) is 10.3. The van der Waals surface area contributed by atoms with Crippen molar-refractivity contribution >= 4 is 0 Å². The van der Waals surface area contributed by atoms with Gasteiger partial charge in [0, 0.05) is 0 Å². The van der Waals surface area contributed by atoms with Crippen LogP contribution in [0.25, 0.3) is 0 Å². The molecule has 2 heteroatoms. The third-order valence-corrected chi connectivity index (χ3v) is 4.55. The third kappa shape index (κ3) is 13.4.